The van der Waals surface area contributed by atoms with Gasteiger partial charge in [-0.15, -0.1) is 0 Å². The average molecular weight is 468 g/mol. The van der Waals surface area contributed by atoms with Crippen molar-refractivity contribution in [2.24, 2.45) is 11.8 Å². The van der Waals surface area contributed by atoms with E-state index in [2.05, 4.69) is 29.8 Å². The molecule has 0 bridgehead atoms. The van der Waals surface area contributed by atoms with Crippen molar-refractivity contribution < 1.29 is 19.1 Å². The van der Waals surface area contributed by atoms with Crippen molar-refractivity contribution in [3.8, 4) is 0 Å². The van der Waals surface area contributed by atoms with E-state index in [0.717, 1.165) is 10.0 Å². The summed E-state index contributed by atoms with van der Waals surface area (Å²) >= 11 is 3.39. The monoisotopic (exact) mass is 467 g/mol. The second-order valence-corrected chi connectivity index (χ2v) is 9.90. The first-order chi connectivity index (χ1) is 13.4. The van der Waals surface area contributed by atoms with Gasteiger partial charge in [0.25, 0.3) is 0 Å². The number of amides is 1. The van der Waals surface area contributed by atoms with E-state index in [1.54, 1.807) is 27.8 Å². The van der Waals surface area contributed by atoms with Gasteiger partial charge < -0.3 is 9.64 Å². The fourth-order valence-electron chi connectivity index (χ4n) is 3.12. The number of halogens is 1. The van der Waals surface area contributed by atoms with Gasteiger partial charge in [-0.05, 0) is 57.2 Å². The minimum Gasteiger partial charge on any atom is -0.459 e. The van der Waals surface area contributed by atoms with Gasteiger partial charge in [-0.1, -0.05) is 41.9 Å². The normalized spacial score (nSPS) is 12.6. The second-order valence-electron chi connectivity index (χ2n) is 8.99. The van der Waals surface area contributed by atoms with Gasteiger partial charge in [-0.2, -0.15) is 0 Å². The zero-order valence-corrected chi connectivity index (χ0v) is 20.0. The van der Waals surface area contributed by atoms with E-state index < -0.39 is 11.6 Å². The predicted octanol–water partition coefficient (Wildman–Crippen LogP) is 4.80. The number of hydrogen-bond donors (Lipinski definition) is 0. The van der Waals surface area contributed by atoms with Crippen molar-refractivity contribution in [3.63, 3.8) is 0 Å². The Kier molecular flexibility index (Phi) is 10.0. The van der Waals surface area contributed by atoms with E-state index in [-0.39, 0.29) is 24.2 Å². The molecule has 0 heterocycles. The average Bonchev–Trinajstić information content (AvgIpc) is 2.57. The van der Waals surface area contributed by atoms with Crippen LogP contribution in [-0.4, -0.2) is 41.8 Å². The summed E-state index contributed by atoms with van der Waals surface area (Å²) in [6, 6.07) is 7.68. The van der Waals surface area contributed by atoms with Gasteiger partial charge in [0, 0.05) is 30.3 Å². The van der Waals surface area contributed by atoms with Gasteiger partial charge in [0.05, 0.1) is 0 Å². The lowest BCUT2D eigenvalue weighted by atomic mass is 9.90. The molecule has 1 rings (SSSR count). The first-order valence-electron chi connectivity index (χ1n) is 10.1. The minimum absolute atomic E-state index is 0.0858. The van der Waals surface area contributed by atoms with Crippen LogP contribution < -0.4 is 0 Å². The Hall–Kier alpha value is -1.69. The van der Waals surface area contributed by atoms with Crippen LogP contribution in [0.5, 0.6) is 0 Å². The number of nitrogens with zero attached hydrogens (tertiary/aromatic N) is 1. The molecular formula is C23H34BrNO4. The van der Waals surface area contributed by atoms with Crippen LogP contribution in [0.3, 0.4) is 0 Å². The van der Waals surface area contributed by atoms with Crippen LogP contribution in [0.1, 0.15) is 59.4 Å². The third kappa shape index (κ3) is 10.6. The van der Waals surface area contributed by atoms with E-state index in [0.29, 0.717) is 31.6 Å². The summed E-state index contributed by atoms with van der Waals surface area (Å²) in [5.41, 5.74) is 0.379. The van der Waals surface area contributed by atoms with Gasteiger partial charge >= 0.3 is 5.97 Å². The molecule has 0 aliphatic rings. The molecule has 0 saturated heterocycles. The van der Waals surface area contributed by atoms with Crippen LogP contribution in [0.15, 0.2) is 28.7 Å². The molecular weight excluding hydrogens is 434 g/mol. The minimum atomic E-state index is -0.586. The van der Waals surface area contributed by atoms with Crippen LogP contribution in [-0.2, 0) is 25.5 Å². The van der Waals surface area contributed by atoms with E-state index in [1.807, 2.05) is 24.3 Å². The molecule has 1 aromatic rings. The number of benzene rings is 1. The number of carbonyl (C=O) groups is 3. The Morgan fingerprint density at radius 2 is 1.69 bits per heavy atom. The summed E-state index contributed by atoms with van der Waals surface area (Å²) in [7, 11) is 1.61. The van der Waals surface area contributed by atoms with Crippen LogP contribution in [0, 0.1) is 11.8 Å². The van der Waals surface area contributed by atoms with Gasteiger partial charge in [0.2, 0.25) is 5.91 Å². The van der Waals surface area contributed by atoms with Crippen LogP contribution in [0.25, 0.3) is 0 Å². The smallest absolute Gasteiger partial charge is 0.326 e. The summed E-state index contributed by atoms with van der Waals surface area (Å²) in [5, 5.41) is 0. The lowest BCUT2D eigenvalue weighted by molar-refractivity contribution is -0.159. The summed E-state index contributed by atoms with van der Waals surface area (Å²) in [5.74, 6) is -0.385. The second kappa shape index (κ2) is 11.5. The summed E-state index contributed by atoms with van der Waals surface area (Å²) in [6.45, 7) is 9.41. The van der Waals surface area contributed by atoms with Crippen LogP contribution in [0.4, 0.5) is 0 Å². The molecule has 0 aliphatic carbocycles. The Bertz CT molecular complexity index is 692. The SMILES string of the molecule is CC(C)CC(CCC(=O)Cc1ccc(Br)cc1)C(=O)N(C)CC(=O)OC(C)(C)C. The molecule has 0 saturated carbocycles. The van der Waals surface area contributed by atoms with E-state index in [1.165, 1.54) is 4.90 Å². The van der Waals surface area contributed by atoms with Crippen molar-refractivity contribution in [1.29, 1.82) is 0 Å². The topological polar surface area (TPSA) is 63.7 Å². The number of esters is 1. The number of rotatable bonds is 10. The van der Waals surface area contributed by atoms with E-state index in [4.69, 9.17) is 4.74 Å². The highest BCUT2D eigenvalue weighted by Gasteiger charge is 2.26. The van der Waals surface area contributed by atoms with Gasteiger partial charge in [0.1, 0.15) is 17.9 Å². The zero-order valence-electron chi connectivity index (χ0n) is 18.5. The molecule has 0 N–H and O–H groups in total. The lowest BCUT2D eigenvalue weighted by Crippen LogP contribution is -2.39. The van der Waals surface area contributed by atoms with Crippen molar-refractivity contribution in [3.05, 3.63) is 34.3 Å². The highest BCUT2D eigenvalue weighted by molar-refractivity contribution is 9.10. The summed E-state index contributed by atoms with van der Waals surface area (Å²) < 4.78 is 6.28. The maximum atomic E-state index is 12.9. The maximum absolute atomic E-state index is 12.9. The maximum Gasteiger partial charge on any atom is 0.326 e. The molecule has 1 unspecified atom stereocenters. The standard InChI is InChI=1S/C23H34BrNO4/c1-16(2)13-18(22(28)25(6)15-21(27)29-23(3,4)5)9-12-20(26)14-17-7-10-19(24)11-8-17/h7-8,10-11,16,18H,9,12-15H2,1-6H3. The number of Topliss-reactive ketones (excluding diaryl/α,β-unsaturated/α-hetero) is 1. The third-order valence-corrected chi connectivity index (χ3v) is 4.88. The summed E-state index contributed by atoms with van der Waals surface area (Å²) in [4.78, 5) is 38.7. The fraction of sp³-hybridized carbons (Fsp3) is 0.609. The Morgan fingerprint density at radius 3 is 2.21 bits per heavy atom. The van der Waals surface area contributed by atoms with Crippen molar-refractivity contribution in [1.82, 2.24) is 4.90 Å². The number of ether oxygens (including phenoxy) is 1. The molecule has 0 radical (unpaired) electrons. The van der Waals surface area contributed by atoms with Gasteiger partial charge in [-0.3, -0.25) is 14.4 Å². The third-order valence-electron chi connectivity index (χ3n) is 4.35. The highest BCUT2D eigenvalue weighted by Crippen LogP contribution is 2.21. The molecule has 1 aromatic carbocycles. The molecule has 0 spiro atoms. The molecule has 1 atom stereocenters. The fourth-order valence-corrected chi connectivity index (χ4v) is 3.39. The lowest BCUT2D eigenvalue weighted by Gasteiger charge is -2.26. The Balaban J connectivity index is 2.65. The van der Waals surface area contributed by atoms with Crippen molar-refractivity contribution >= 4 is 33.6 Å². The number of hydrogen-bond acceptors (Lipinski definition) is 4. The number of likely N-dealkylation sites (N-methyl/N-ethyl adjacent to an activating group) is 1. The molecule has 0 fully saturated rings. The first kappa shape index (κ1) is 25.3. The van der Waals surface area contributed by atoms with Gasteiger partial charge in [-0.25, -0.2) is 0 Å². The van der Waals surface area contributed by atoms with E-state index in [9.17, 15) is 14.4 Å². The molecule has 0 aromatic heterocycles. The number of ketones is 1. The first-order valence-corrected chi connectivity index (χ1v) is 10.9. The van der Waals surface area contributed by atoms with E-state index >= 15 is 0 Å². The Labute approximate surface area is 183 Å². The van der Waals surface area contributed by atoms with Crippen LogP contribution >= 0.6 is 15.9 Å². The molecule has 6 heteroatoms. The zero-order chi connectivity index (χ0) is 22.2. The van der Waals surface area contributed by atoms with Crippen molar-refractivity contribution in [2.75, 3.05) is 13.6 Å². The summed E-state index contributed by atoms with van der Waals surface area (Å²) in [6.07, 6.45) is 1.89. The molecule has 5 nitrogen and oxygen atoms in total. The predicted molar refractivity (Wildman–Crippen MR) is 119 cm³/mol. The van der Waals surface area contributed by atoms with Gasteiger partial charge in [0.15, 0.2) is 0 Å². The molecule has 29 heavy (non-hydrogen) atoms. The van der Waals surface area contributed by atoms with Crippen LogP contribution in [0.2, 0.25) is 0 Å². The molecule has 0 aliphatic heterocycles. The van der Waals surface area contributed by atoms with Crippen molar-refractivity contribution in [2.45, 2.75) is 65.9 Å². The Morgan fingerprint density at radius 1 is 1.10 bits per heavy atom. The molecule has 162 valence electrons. The highest BCUT2D eigenvalue weighted by atomic mass is 79.9. The largest absolute Gasteiger partial charge is 0.459 e. The number of carbonyl (C=O) groups excluding carboxylic acids is 3. The quantitative estimate of drug-likeness (QED) is 0.463. The molecule has 1 amide bonds.